The lowest BCUT2D eigenvalue weighted by Gasteiger charge is -2.31. The second-order valence-corrected chi connectivity index (χ2v) is 27.0. The summed E-state index contributed by atoms with van der Waals surface area (Å²) in [6, 6.07) is 128. The normalized spacial score (nSPS) is 12.3. The Bertz CT molecular complexity index is 5780. The van der Waals surface area contributed by atoms with Gasteiger partial charge >= 0.3 is 0 Å². The first-order chi connectivity index (χ1) is 48.6. The van der Waals surface area contributed by atoms with Crippen molar-refractivity contribution in [2.75, 3.05) is 9.80 Å². The van der Waals surface area contributed by atoms with Gasteiger partial charge in [0.05, 0.1) is 11.0 Å². The van der Waals surface area contributed by atoms with Crippen molar-refractivity contribution in [1.29, 1.82) is 0 Å². The molecule has 4 heteroatoms. The van der Waals surface area contributed by atoms with E-state index >= 15 is 0 Å². The molecular weight excluding hydrogens is 1200 g/mol. The van der Waals surface area contributed by atoms with E-state index in [9.17, 15) is 0 Å². The molecule has 99 heavy (non-hydrogen) atoms. The molecule has 470 valence electrons. The molecule has 0 bridgehead atoms. The number of furan rings is 1. The second-order valence-electron chi connectivity index (χ2n) is 27.0. The van der Waals surface area contributed by atoms with Crippen LogP contribution in [0.25, 0.3) is 127 Å². The number of para-hydroxylation sites is 2. The van der Waals surface area contributed by atoms with E-state index in [0.717, 1.165) is 112 Å². The van der Waals surface area contributed by atoms with E-state index in [2.05, 4.69) is 382 Å². The van der Waals surface area contributed by atoms with Gasteiger partial charge in [0, 0.05) is 72.3 Å². The number of anilines is 6. The van der Waals surface area contributed by atoms with E-state index in [4.69, 9.17) is 4.42 Å². The number of benzene rings is 15. The highest BCUT2D eigenvalue weighted by Crippen LogP contribution is 2.55. The zero-order valence-electron chi connectivity index (χ0n) is 55.7. The van der Waals surface area contributed by atoms with Crippen LogP contribution in [0.4, 0.5) is 34.1 Å². The second kappa shape index (κ2) is 24.0. The number of hydrogen-bond acceptors (Lipinski definition) is 3. The van der Waals surface area contributed by atoms with Crippen LogP contribution in [0.3, 0.4) is 0 Å². The smallest absolute Gasteiger partial charge is 0.143 e. The van der Waals surface area contributed by atoms with E-state index in [1.807, 2.05) is 6.07 Å². The first-order valence-electron chi connectivity index (χ1n) is 34.3. The summed E-state index contributed by atoms with van der Waals surface area (Å²) in [5.74, 6) is 0. The van der Waals surface area contributed by atoms with Gasteiger partial charge in [-0.3, -0.25) is 0 Å². The van der Waals surface area contributed by atoms with Crippen molar-refractivity contribution in [3.8, 4) is 83.6 Å². The highest BCUT2D eigenvalue weighted by molar-refractivity contribution is 6.13. The third-order valence-corrected chi connectivity index (χ3v) is 20.5. The number of aryl methyl sites for hydroxylation is 2. The molecule has 2 aromatic heterocycles. The maximum absolute atomic E-state index is 6.57. The van der Waals surface area contributed by atoms with E-state index in [0.29, 0.717) is 0 Å². The number of rotatable bonds is 13. The molecule has 0 fully saturated rings. The Hall–Kier alpha value is -12.5. The first kappa shape index (κ1) is 59.0. The van der Waals surface area contributed by atoms with Crippen LogP contribution in [-0.4, -0.2) is 4.57 Å². The molecule has 0 unspecified atom stereocenters. The number of aromatic nitrogens is 1. The van der Waals surface area contributed by atoms with Crippen molar-refractivity contribution in [3.63, 3.8) is 0 Å². The maximum Gasteiger partial charge on any atom is 0.143 e. The molecule has 0 saturated carbocycles. The molecule has 15 aromatic carbocycles. The van der Waals surface area contributed by atoms with Gasteiger partial charge in [-0.1, -0.05) is 249 Å². The van der Waals surface area contributed by atoms with Crippen LogP contribution in [0.5, 0.6) is 0 Å². The molecule has 4 nitrogen and oxygen atoms in total. The zero-order valence-corrected chi connectivity index (χ0v) is 55.7. The fourth-order valence-corrected chi connectivity index (χ4v) is 15.5. The third-order valence-electron chi connectivity index (χ3n) is 20.5. The van der Waals surface area contributed by atoms with Gasteiger partial charge in [0.1, 0.15) is 11.2 Å². The largest absolute Gasteiger partial charge is 0.455 e. The van der Waals surface area contributed by atoms with Crippen LogP contribution >= 0.6 is 0 Å². The molecular formula is C95H69N3O. The monoisotopic (exact) mass is 1270 g/mol. The van der Waals surface area contributed by atoms with Gasteiger partial charge < -0.3 is 18.8 Å². The average Bonchev–Trinajstić information content (AvgIpc) is 1.23. The van der Waals surface area contributed by atoms with Gasteiger partial charge in [0.15, 0.2) is 0 Å². The van der Waals surface area contributed by atoms with Crippen LogP contribution in [-0.2, 0) is 5.41 Å². The Labute approximate surface area is 577 Å². The predicted molar refractivity (Wildman–Crippen MR) is 417 cm³/mol. The fraction of sp³-hybridized carbons (Fsp3) is 0.0526. The van der Waals surface area contributed by atoms with Crippen LogP contribution in [0.15, 0.2) is 350 Å². The van der Waals surface area contributed by atoms with Crippen molar-refractivity contribution >= 4 is 77.9 Å². The number of hydrogen-bond donors (Lipinski definition) is 0. The number of fused-ring (bicyclic) bond motifs is 9. The van der Waals surface area contributed by atoms with E-state index in [-0.39, 0.29) is 5.41 Å². The minimum Gasteiger partial charge on any atom is -0.455 e. The summed E-state index contributed by atoms with van der Waals surface area (Å²) in [6.45, 7) is 9.16. The number of nitrogens with zero attached hydrogens (tertiary/aromatic N) is 3. The Kier molecular flexibility index (Phi) is 14.3. The van der Waals surface area contributed by atoms with E-state index in [1.165, 1.54) is 72.0 Å². The summed E-state index contributed by atoms with van der Waals surface area (Å²) in [5, 5.41) is 4.63. The van der Waals surface area contributed by atoms with Gasteiger partial charge in [-0.05, 0) is 219 Å². The van der Waals surface area contributed by atoms with Crippen LogP contribution in [0.1, 0.15) is 36.1 Å². The molecule has 0 N–H and O–H groups in total. The lowest BCUT2D eigenvalue weighted by Crippen LogP contribution is -2.16. The van der Waals surface area contributed by atoms with Crippen LogP contribution in [0.2, 0.25) is 0 Å². The summed E-state index contributed by atoms with van der Waals surface area (Å²) in [4.78, 5) is 4.86. The highest BCUT2D eigenvalue weighted by Gasteiger charge is 2.38. The van der Waals surface area contributed by atoms with Gasteiger partial charge in [-0.25, -0.2) is 0 Å². The molecule has 0 aliphatic heterocycles. The predicted octanol–water partition coefficient (Wildman–Crippen LogP) is 26.5. The lowest BCUT2D eigenvalue weighted by molar-refractivity contribution is 0.662. The van der Waals surface area contributed by atoms with Crippen molar-refractivity contribution in [3.05, 3.63) is 368 Å². The molecule has 17 aromatic rings. The summed E-state index contributed by atoms with van der Waals surface area (Å²) < 4.78 is 9.02. The SMILES string of the molecule is Cc1ccc(N(c2ccc(C)cc2)c2cc(-c3cc(-c4ccc5c(c4)c4cc(-c6ccccc6)ccc4n5-c4ccc(-c5cccc6c5oc5ccccc56)cc4)c4c(c3)-c3ccccc3C4(C)C)cc(N(c3ccc(-c4ccccc4)cc3)c3ccc(-c4ccccc4)cc3)c2)cc1. The molecule has 1 aliphatic rings. The molecule has 0 spiro atoms. The summed E-state index contributed by atoms with van der Waals surface area (Å²) >= 11 is 0. The van der Waals surface area contributed by atoms with Crippen molar-refractivity contribution in [2.45, 2.75) is 33.1 Å². The van der Waals surface area contributed by atoms with Crippen molar-refractivity contribution in [2.24, 2.45) is 0 Å². The fourth-order valence-electron chi connectivity index (χ4n) is 15.5. The van der Waals surface area contributed by atoms with E-state index < -0.39 is 0 Å². The molecule has 0 saturated heterocycles. The summed E-state index contributed by atoms with van der Waals surface area (Å²) in [7, 11) is 0. The Morgan fingerprint density at radius 1 is 0.273 bits per heavy atom. The highest BCUT2D eigenvalue weighted by atomic mass is 16.3. The summed E-state index contributed by atoms with van der Waals surface area (Å²) in [5.41, 5.74) is 32.5. The quantitative estimate of drug-likeness (QED) is 0.115. The van der Waals surface area contributed by atoms with Gasteiger partial charge in [-0.2, -0.15) is 0 Å². The molecule has 1 aliphatic carbocycles. The molecule has 0 radical (unpaired) electrons. The molecule has 0 atom stereocenters. The average molecular weight is 1270 g/mol. The molecule has 0 amide bonds. The first-order valence-corrected chi connectivity index (χ1v) is 34.3. The van der Waals surface area contributed by atoms with Crippen LogP contribution in [0, 0.1) is 13.8 Å². The van der Waals surface area contributed by atoms with Gasteiger partial charge in [0.25, 0.3) is 0 Å². The van der Waals surface area contributed by atoms with Gasteiger partial charge in [-0.15, -0.1) is 0 Å². The van der Waals surface area contributed by atoms with Crippen molar-refractivity contribution in [1.82, 2.24) is 4.57 Å². The lowest BCUT2D eigenvalue weighted by atomic mass is 9.78. The van der Waals surface area contributed by atoms with Crippen LogP contribution < -0.4 is 9.80 Å². The summed E-state index contributed by atoms with van der Waals surface area (Å²) in [6.07, 6.45) is 0. The van der Waals surface area contributed by atoms with E-state index in [1.54, 1.807) is 0 Å². The topological polar surface area (TPSA) is 24.6 Å². The third kappa shape index (κ3) is 10.4. The molecule has 18 rings (SSSR count). The Morgan fingerprint density at radius 2 is 0.697 bits per heavy atom. The van der Waals surface area contributed by atoms with Crippen molar-refractivity contribution < 1.29 is 4.42 Å². The minimum atomic E-state index is -0.326. The zero-order chi connectivity index (χ0) is 66.3. The minimum absolute atomic E-state index is 0.326. The maximum atomic E-state index is 6.57. The Balaban J connectivity index is 0.858. The van der Waals surface area contributed by atoms with Gasteiger partial charge in [0.2, 0.25) is 0 Å². The standard InChI is InChI=1S/C95H69N3O/c1-62-31-43-74(44-32-62)96(75-45-33-63(2)34-46-75)79-55-72(56-80(61-79)97(76-47-35-67(36-48-76)64-19-8-5-9-20-64)77-49-37-68(38-50-77)65-21-10-6-11-22-65)73-59-85(93-88(60-73)82-25-14-16-29-89(82)95(93,3)4)71-42-54-91-87(58-71)86-57-70(66-23-12-7-13-24-66)41-53-90(86)98(91)78-51-39-69(40-52-78)81-27-18-28-84-83-26-15-17-30-92(83)99-94(81)84/h5-61H,1-4H3. The Morgan fingerprint density at radius 3 is 1.27 bits per heavy atom. The molecule has 2 heterocycles.